The van der Waals surface area contributed by atoms with E-state index in [1.165, 1.54) is 13.8 Å². The zero-order chi connectivity index (χ0) is 39.6. The number of aliphatic carboxylic acids is 3. The van der Waals surface area contributed by atoms with Crippen LogP contribution in [0.3, 0.4) is 0 Å². The largest absolute Gasteiger partial charge is 0.481 e. The molecule has 6 amide bonds. The first-order chi connectivity index (χ1) is 23.7. The molecule has 290 valence electrons. The molecule has 0 heterocycles. The summed E-state index contributed by atoms with van der Waals surface area (Å²) in [6.07, 6.45) is -1.28. The van der Waals surface area contributed by atoms with Gasteiger partial charge in [-0.3, -0.25) is 38.4 Å². The molecule has 0 aliphatic carbocycles. The Balaban J connectivity index is 5.81. The Morgan fingerprint density at radius 1 is 0.529 bits per heavy atom. The number of nitrogens with one attached hydrogen (secondary N) is 6. The Morgan fingerprint density at radius 2 is 0.941 bits per heavy atom. The third kappa shape index (κ3) is 16.6. The highest BCUT2D eigenvalue weighted by atomic mass is 16.4. The number of rotatable bonds is 24. The summed E-state index contributed by atoms with van der Waals surface area (Å²) >= 11 is 0. The van der Waals surface area contributed by atoms with Gasteiger partial charge in [0.15, 0.2) is 0 Å². The lowest BCUT2D eigenvalue weighted by Gasteiger charge is -2.28. The van der Waals surface area contributed by atoms with E-state index in [4.69, 9.17) is 10.8 Å². The average molecular weight is 732 g/mol. The van der Waals surface area contributed by atoms with Crippen molar-refractivity contribution in [2.24, 2.45) is 17.6 Å². The minimum absolute atomic E-state index is 0.146. The molecular formula is C31H53N7O13. The maximum atomic E-state index is 13.5. The number of carboxylic acid groups (broad SMARTS) is 3. The third-order valence-electron chi connectivity index (χ3n) is 8.21. The summed E-state index contributed by atoms with van der Waals surface area (Å²) in [7, 11) is 0. The van der Waals surface area contributed by atoms with Gasteiger partial charge in [-0.25, -0.2) is 4.79 Å². The van der Waals surface area contributed by atoms with Gasteiger partial charge < -0.3 is 58.1 Å². The van der Waals surface area contributed by atoms with Crippen LogP contribution in [-0.2, 0) is 43.2 Å². The molecule has 20 nitrogen and oxygen atoms in total. The smallest absolute Gasteiger partial charge is 0.326 e. The van der Waals surface area contributed by atoms with Crippen molar-refractivity contribution >= 4 is 53.4 Å². The van der Waals surface area contributed by atoms with Crippen molar-refractivity contribution in [2.75, 3.05) is 6.61 Å². The first-order valence-corrected chi connectivity index (χ1v) is 16.5. The van der Waals surface area contributed by atoms with E-state index in [0.29, 0.717) is 12.8 Å². The van der Waals surface area contributed by atoms with Gasteiger partial charge >= 0.3 is 17.9 Å². The van der Waals surface area contributed by atoms with Crippen LogP contribution in [0.15, 0.2) is 0 Å². The maximum Gasteiger partial charge on any atom is 0.326 e. The molecule has 0 radical (unpaired) electrons. The standard InChI is InChI=1S/C31H53N7O13/c1-7-14(3)23(32)29(48)34-16(5)25(44)33-17(6)26(45)38-24(15(4)8-2)30(49)35-18(9-11-21(40)41)27(46)37-20(13-39)28(47)36-19(31(50)51)10-12-22(42)43/h14-20,23-24,39H,7-13,32H2,1-6H3,(H,33,44)(H,34,48)(H,35,49)(H,36,47)(H,37,46)(H,38,45)(H,40,41)(H,42,43)(H,50,51)/t14-,15-,16-,17-,18-,19-,20-,23-,24-/m0/s1. The molecule has 0 fully saturated rings. The quantitative estimate of drug-likeness (QED) is 0.0477. The fourth-order valence-electron chi connectivity index (χ4n) is 4.33. The number of carbonyl (C=O) groups is 9. The summed E-state index contributed by atoms with van der Waals surface area (Å²) in [6.45, 7) is 8.63. The van der Waals surface area contributed by atoms with Crippen molar-refractivity contribution in [1.29, 1.82) is 0 Å². The molecule has 0 aliphatic rings. The van der Waals surface area contributed by atoms with E-state index in [1.54, 1.807) is 20.8 Å². The van der Waals surface area contributed by atoms with Crippen LogP contribution >= 0.6 is 0 Å². The highest BCUT2D eigenvalue weighted by Gasteiger charge is 2.34. The second-order valence-electron chi connectivity index (χ2n) is 12.3. The summed E-state index contributed by atoms with van der Waals surface area (Å²) in [5, 5.41) is 51.0. The van der Waals surface area contributed by atoms with Gasteiger partial charge in [0.05, 0.1) is 12.6 Å². The number of hydrogen-bond acceptors (Lipinski definition) is 11. The molecule has 0 saturated carbocycles. The van der Waals surface area contributed by atoms with Crippen LogP contribution in [0.1, 0.15) is 80.1 Å². The van der Waals surface area contributed by atoms with Gasteiger partial charge in [-0.2, -0.15) is 0 Å². The van der Waals surface area contributed by atoms with Crippen molar-refractivity contribution in [1.82, 2.24) is 31.9 Å². The molecule has 0 aromatic rings. The van der Waals surface area contributed by atoms with E-state index < -0.39 is 134 Å². The zero-order valence-corrected chi connectivity index (χ0v) is 29.7. The number of hydrogen-bond donors (Lipinski definition) is 11. The topological polar surface area (TPSA) is 333 Å². The first kappa shape index (κ1) is 46.1. The van der Waals surface area contributed by atoms with Crippen LogP contribution in [0.4, 0.5) is 0 Å². The van der Waals surface area contributed by atoms with Crippen LogP contribution < -0.4 is 37.6 Å². The molecule has 0 aromatic carbocycles. The Kier molecular flexibility index (Phi) is 20.6. The minimum atomic E-state index is -1.78. The number of nitrogens with two attached hydrogens (primary N) is 1. The Morgan fingerprint density at radius 3 is 1.39 bits per heavy atom. The van der Waals surface area contributed by atoms with Crippen LogP contribution in [-0.4, -0.2) is 123 Å². The fraction of sp³-hybridized carbons (Fsp3) is 0.710. The second-order valence-corrected chi connectivity index (χ2v) is 12.3. The molecule has 0 bridgehead atoms. The molecule has 0 aromatic heterocycles. The van der Waals surface area contributed by atoms with Gasteiger partial charge in [-0.05, 0) is 38.5 Å². The number of aliphatic hydroxyl groups excluding tert-OH is 1. The van der Waals surface area contributed by atoms with Gasteiger partial charge in [0.2, 0.25) is 35.4 Å². The summed E-state index contributed by atoms with van der Waals surface area (Å²) < 4.78 is 0. The predicted octanol–water partition coefficient (Wildman–Crippen LogP) is -2.84. The molecule has 20 heteroatoms. The van der Waals surface area contributed by atoms with Crippen molar-refractivity contribution < 1.29 is 63.6 Å². The molecule has 0 saturated heterocycles. The van der Waals surface area contributed by atoms with E-state index in [-0.39, 0.29) is 5.92 Å². The summed E-state index contributed by atoms with van der Waals surface area (Å²) in [5.74, 6) is -10.3. The average Bonchev–Trinajstić information content (AvgIpc) is 3.07. The first-order valence-electron chi connectivity index (χ1n) is 16.5. The highest BCUT2D eigenvalue weighted by Crippen LogP contribution is 2.11. The minimum Gasteiger partial charge on any atom is -0.481 e. The maximum absolute atomic E-state index is 13.5. The number of amides is 6. The van der Waals surface area contributed by atoms with E-state index in [9.17, 15) is 58.5 Å². The lowest BCUT2D eigenvalue weighted by atomic mass is 9.97. The molecule has 0 unspecified atom stereocenters. The Bertz CT molecular complexity index is 1260. The van der Waals surface area contributed by atoms with Gasteiger partial charge in [0.1, 0.15) is 36.3 Å². The lowest BCUT2D eigenvalue weighted by Crippen LogP contribution is -2.60. The molecule has 0 spiro atoms. The number of aliphatic hydroxyl groups is 1. The van der Waals surface area contributed by atoms with E-state index in [2.05, 4.69) is 26.6 Å². The second kappa shape index (κ2) is 22.8. The summed E-state index contributed by atoms with van der Waals surface area (Å²) in [4.78, 5) is 111. The van der Waals surface area contributed by atoms with Gasteiger partial charge in [-0.15, -0.1) is 0 Å². The number of carbonyl (C=O) groups excluding carboxylic acids is 6. The van der Waals surface area contributed by atoms with Crippen molar-refractivity contribution in [3.8, 4) is 0 Å². The van der Waals surface area contributed by atoms with Gasteiger partial charge in [-0.1, -0.05) is 40.5 Å². The van der Waals surface area contributed by atoms with Gasteiger partial charge in [0.25, 0.3) is 0 Å². The lowest BCUT2D eigenvalue weighted by molar-refractivity contribution is -0.143. The van der Waals surface area contributed by atoms with Crippen LogP contribution in [0.2, 0.25) is 0 Å². The van der Waals surface area contributed by atoms with Crippen molar-refractivity contribution in [3.05, 3.63) is 0 Å². The van der Waals surface area contributed by atoms with Gasteiger partial charge in [0, 0.05) is 12.8 Å². The van der Waals surface area contributed by atoms with Crippen molar-refractivity contribution in [3.63, 3.8) is 0 Å². The fourth-order valence-corrected chi connectivity index (χ4v) is 4.33. The van der Waals surface area contributed by atoms with E-state index >= 15 is 0 Å². The zero-order valence-electron chi connectivity index (χ0n) is 29.7. The number of carboxylic acids is 3. The highest BCUT2D eigenvalue weighted by molar-refractivity contribution is 5.97. The van der Waals surface area contributed by atoms with Crippen LogP contribution in [0.25, 0.3) is 0 Å². The van der Waals surface area contributed by atoms with E-state index in [0.717, 1.165) is 0 Å². The molecule has 12 N–H and O–H groups in total. The molecule has 9 atom stereocenters. The Labute approximate surface area is 295 Å². The van der Waals surface area contributed by atoms with Crippen LogP contribution in [0, 0.1) is 11.8 Å². The monoisotopic (exact) mass is 731 g/mol. The summed E-state index contributed by atoms with van der Waals surface area (Å²) in [5.41, 5.74) is 5.91. The SMILES string of the molecule is CC[C@H](C)[C@H](N)C(=O)N[C@@H](C)C(=O)N[C@@H](C)C(=O)N[C@H](C(=O)N[C@@H](CCC(=O)O)C(=O)N[C@@H](CO)C(=O)N[C@@H](CCC(=O)O)C(=O)O)[C@@H](C)CC. The third-order valence-corrected chi connectivity index (χ3v) is 8.21. The Hall–Kier alpha value is -4.85. The van der Waals surface area contributed by atoms with E-state index in [1.807, 2.05) is 12.2 Å². The summed E-state index contributed by atoms with van der Waals surface area (Å²) in [6, 6.07) is -9.51. The molecule has 0 aliphatic heterocycles. The molecule has 51 heavy (non-hydrogen) atoms. The van der Waals surface area contributed by atoms with Crippen LogP contribution in [0.5, 0.6) is 0 Å². The normalized spacial score (nSPS) is 16.2. The molecule has 0 rings (SSSR count). The predicted molar refractivity (Wildman–Crippen MR) is 178 cm³/mol. The van der Waals surface area contributed by atoms with Crippen molar-refractivity contribution in [2.45, 2.75) is 122 Å². The molecular weight excluding hydrogens is 678 g/mol.